The minimum atomic E-state index is -1.08. The predicted octanol–water partition coefficient (Wildman–Crippen LogP) is 2.88. The Labute approximate surface area is 143 Å². The van der Waals surface area contributed by atoms with Crippen molar-refractivity contribution in [2.24, 2.45) is 10.7 Å². The lowest BCUT2D eigenvalue weighted by Crippen LogP contribution is -2.23. The molecule has 0 radical (unpaired) electrons. The zero-order valence-electron chi connectivity index (χ0n) is 12.7. The molecule has 0 aliphatic rings. The Kier molecular flexibility index (Phi) is 6.43. The van der Waals surface area contributed by atoms with E-state index in [1.165, 1.54) is 0 Å². The van der Waals surface area contributed by atoms with Crippen molar-refractivity contribution in [1.82, 2.24) is 0 Å². The number of hydrogen-bond acceptors (Lipinski definition) is 3. The summed E-state index contributed by atoms with van der Waals surface area (Å²) >= 11 is 6.04. The highest BCUT2D eigenvalue weighted by Gasteiger charge is 2.04. The molecule has 0 spiro atoms. The van der Waals surface area contributed by atoms with Gasteiger partial charge >= 0.3 is 0 Å². The van der Waals surface area contributed by atoms with E-state index in [2.05, 4.69) is 10.3 Å². The molecule has 1 atom stereocenters. The molecule has 3 N–H and O–H groups in total. The minimum Gasteiger partial charge on any atom is -0.495 e. The average molecular weight is 352 g/mol. The third-order valence-corrected chi connectivity index (χ3v) is 4.64. The number of hydrogen-bond donors (Lipinski definition) is 2. The fraction of sp³-hybridized carbons (Fsp3) is 0.188. The van der Waals surface area contributed by atoms with Gasteiger partial charge < -0.3 is 15.8 Å². The molecule has 0 saturated heterocycles. The van der Waals surface area contributed by atoms with E-state index < -0.39 is 10.8 Å². The number of guanidine groups is 1. The van der Waals surface area contributed by atoms with Gasteiger partial charge in [-0.1, -0.05) is 29.8 Å². The molecule has 0 fully saturated rings. The van der Waals surface area contributed by atoms with E-state index in [-0.39, 0.29) is 5.96 Å². The number of halogens is 1. The highest BCUT2D eigenvalue weighted by Crippen LogP contribution is 2.26. The zero-order valence-corrected chi connectivity index (χ0v) is 14.2. The summed E-state index contributed by atoms with van der Waals surface area (Å²) in [5.41, 5.74) is 6.53. The van der Waals surface area contributed by atoms with E-state index in [1.54, 1.807) is 25.3 Å². The zero-order chi connectivity index (χ0) is 16.7. The summed E-state index contributed by atoms with van der Waals surface area (Å²) in [6, 6.07) is 14.5. The van der Waals surface area contributed by atoms with Crippen LogP contribution in [0.2, 0.25) is 5.02 Å². The summed E-state index contributed by atoms with van der Waals surface area (Å²) in [4.78, 5) is 4.96. The lowest BCUT2D eigenvalue weighted by atomic mass is 10.3. The Hall–Kier alpha value is -2.05. The van der Waals surface area contributed by atoms with Crippen LogP contribution in [0.15, 0.2) is 58.4 Å². The van der Waals surface area contributed by atoms with Crippen molar-refractivity contribution >= 4 is 34.0 Å². The van der Waals surface area contributed by atoms with Crippen LogP contribution in [0.4, 0.5) is 5.69 Å². The lowest BCUT2D eigenvalue weighted by Gasteiger charge is -2.08. The van der Waals surface area contributed by atoms with Crippen LogP contribution < -0.4 is 15.8 Å². The summed E-state index contributed by atoms with van der Waals surface area (Å²) in [5, 5.41) is 3.42. The summed E-state index contributed by atoms with van der Waals surface area (Å²) in [6.45, 7) is 0.365. The van der Waals surface area contributed by atoms with Crippen LogP contribution >= 0.6 is 11.6 Å². The molecule has 2 aromatic carbocycles. The monoisotopic (exact) mass is 351 g/mol. The molecule has 23 heavy (non-hydrogen) atoms. The number of anilines is 1. The Morgan fingerprint density at radius 2 is 2.04 bits per heavy atom. The summed E-state index contributed by atoms with van der Waals surface area (Å²) in [6.07, 6.45) is 0. The highest BCUT2D eigenvalue weighted by molar-refractivity contribution is 7.85. The van der Waals surface area contributed by atoms with Crippen LogP contribution in [-0.4, -0.2) is 29.6 Å². The smallest absolute Gasteiger partial charge is 0.193 e. The highest BCUT2D eigenvalue weighted by atomic mass is 35.5. The van der Waals surface area contributed by atoms with Gasteiger partial charge in [-0.05, 0) is 30.3 Å². The first-order chi connectivity index (χ1) is 11.1. The first-order valence-corrected chi connectivity index (χ1v) is 8.63. The van der Waals surface area contributed by atoms with Crippen LogP contribution in [0.5, 0.6) is 5.75 Å². The van der Waals surface area contributed by atoms with Gasteiger partial charge in [-0.15, -0.1) is 0 Å². The van der Waals surface area contributed by atoms with Gasteiger partial charge in [0.25, 0.3) is 0 Å². The standard InChI is InChI=1S/C16H18ClN3O2S/c1-22-15-8-7-12(11-14(15)17)20-16(18)19-9-10-23(21)13-5-3-2-4-6-13/h2-8,11H,9-10H2,1H3,(H3,18,19,20). The molecule has 122 valence electrons. The Bertz CT molecular complexity index is 708. The quantitative estimate of drug-likeness (QED) is 0.619. The number of ether oxygens (including phenoxy) is 1. The van der Waals surface area contributed by atoms with Crippen LogP contribution in [-0.2, 0) is 10.8 Å². The van der Waals surface area contributed by atoms with E-state index in [9.17, 15) is 4.21 Å². The maximum Gasteiger partial charge on any atom is 0.193 e. The van der Waals surface area contributed by atoms with Crippen LogP contribution in [0, 0.1) is 0 Å². The number of rotatable bonds is 6. The van der Waals surface area contributed by atoms with Crippen molar-refractivity contribution in [3.05, 3.63) is 53.6 Å². The normalized spacial score (nSPS) is 12.7. The maximum atomic E-state index is 12.0. The predicted molar refractivity (Wildman–Crippen MR) is 95.8 cm³/mol. The van der Waals surface area contributed by atoms with E-state index in [4.69, 9.17) is 22.1 Å². The number of benzene rings is 2. The van der Waals surface area contributed by atoms with Crippen LogP contribution in [0.3, 0.4) is 0 Å². The number of nitrogens with zero attached hydrogens (tertiary/aromatic N) is 1. The van der Waals surface area contributed by atoms with Gasteiger partial charge in [0, 0.05) is 16.3 Å². The van der Waals surface area contributed by atoms with E-state index in [0.29, 0.717) is 28.8 Å². The van der Waals surface area contributed by atoms with Gasteiger partial charge in [-0.3, -0.25) is 9.20 Å². The number of aliphatic imine (C=N–C) groups is 1. The third-order valence-electron chi connectivity index (χ3n) is 2.99. The van der Waals surface area contributed by atoms with Crippen molar-refractivity contribution in [3.8, 4) is 5.75 Å². The summed E-state index contributed by atoms with van der Waals surface area (Å²) < 4.78 is 17.1. The molecule has 0 aromatic heterocycles. The SMILES string of the molecule is COc1ccc(NC(N)=NCCS(=O)c2ccccc2)cc1Cl. The third kappa shape index (κ3) is 5.26. The lowest BCUT2D eigenvalue weighted by molar-refractivity contribution is 0.415. The maximum absolute atomic E-state index is 12.0. The van der Waals surface area contributed by atoms with Crippen molar-refractivity contribution in [2.45, 2.75) is 4.90 Å². The minimum absolute atomic E-state index is 0.247. The fourth-order valence-corrected chi connectivity index (χ4v) is 3.08. The van der Waals surface area contributed by atoms with Gasteiger partial charge in [-0.25, -0.2) is 0 Å². The fourth-order valence-electron chi connectivity index (χ4n) is 1.87. The van der Waals surface area contributed by atoms with Gasteiger partial charge in [0.15, 0.2) is 5.96 Å². The molecule has 0 amide bonds. The van der Waals surface area contributed by atoms with E-state index in [1.807, 2.05) is 30.3 Å². The van der Waals surface area contributed by atoms with Gasteiger partial charge in [0.1, 0.15) is 5.75 Å². The number of nitrogens with two attached hydrogens (primary N) is 1. The Morgan fingerprint density at radius 3 is 2.70 bits per heavy atom. The van der Waals surface area contributed by atoms with Gasteiger partial charge in [0.05, 0.1) is 29.5 Å². The molecule has 0 heterocycles. The second-order valence-corrected chi connectivity index (χ2v) is 6.58. The van der Waals surface area contributed by atoms with Crippen molar-refractivity contribution in [1.29, 1.82) is 0 Å². The molecule has 1 unspecified atom stereocenters. The molecular weight excluding hydrogens is 334 g/mol. The second-order valence-electron chi connectivity index (χ2n) is 4.60. The first-order valence-electron chi connectivity index (χ1n) is 6.94. The molecular formula is C16H18ClN3O2S. The second kappa shape index (κ2) is 8.55. The summed E-state index contributed by atoms with van der Waals surface area (Å²) in [7, 11) is 0.470. The Morgan fingerprint density at radius 1 is 1.30 bits per heavy atom. The van der Waals surface area contributed by atoms with E-state index >= 15 is 0 Å². The van der Waals surface area contributed by atoms with Crippen LogP contribution in [0.25, 0.3) is 0 Å². The molecule has 2 aromatic rings. The molecule has 7 heteroatoms. The topological polar surface area (TPSA) is 76.7 Å². The Balaban J connectivity index is 1.88. The van der Waals surface area contributed by atoms with Crippen molar-refractivity contribution < 1.29 is 8.95 Å². The summed E-state index contributed by atoms with van der Waals surface area (Å²) in [5.74, 6) is 1.25. The molecule has 0 bridgehead atoms. The first kappa shape index (κ1) is 17.3. The molecule has 0 aliphatic carbocycles. The van der Waals surface area contributed by atoms with Crippen molar-refractivity contribution in [3.63, 3.8) is 0 Å². The molecule has 0 saturated carbocycles. The average Bonchev–Trinajstić information content (AvgIpc) is 2.55. The number of nitrogens with one attached hydrogen (secondary N) is 1. The van der Waals surface area contributed by atoms with Crippen LogP contribution in [0.1, 0.15) is 0 Å². The van der Waals surface area contributed by atoms with Gasteiger partial charge in [0.2, 0.25) is 0 Å². The molecule has 0 aliphatic heterocycles. The van der Waals surface area contributed by atoms with E-state index in [0.717, 1.165) is 4.90 Å². The van der Waals surface area contributed by atoms with Crippen molar-refractivity contribution in [2.75, 3.05) is 24.7 Å². The number of methoxy groups -OCH3 is 1. The van der Waals surface area contributed by atoms with Gasteiger partial charge in [-0.2, -0.15) is 0 Å². The largest absolute Gasteiger partial charge is 0.495 e. The molecule has 2 rings (SSSR count). The molecule has 5 nitrogen and oxygen atoms in total.